The van der Waals surface area contributed by atoms with E-state index >= 15 is 0 Å². The first-order valence-corrected chi connectivity index (χ1v) is 17.5. The molecule has 4 aliphatic carbocycles. The molecule has 2 aromatic rings. The second-order valence-electron chi connectivity index (χ2n) is 10.9. The van der Waals surface area contributed by atoms with Gasteiger partial charge in [0.25, 0.3) is 0 Å². The molecular formula is C32H38Cl2Zr. The van der Waals surface area contributed by atoms with Crippen molar-refractivity contribution in [3.05, 3.63) is 80.7 Å². The standard InChI is InChI=1S/C13H9.C13H22.C6H7.2ClH.Zr/c1-3-7-12-10(5-1)9-11-6-2-4-8-13(11)12;1-3-7-12(8-4-1)11-13-9-5-2-6-10-13;1-6-4-2-3-5-6;;;/h1-9H;12-13H,1-10H2;2,4H,3H2,1H3;2*1H;/q;;;;;+2/p-2. The number of halogens is 2. The fourth-order valence-electron chi connectivity index (χ4n) is 7.52. The van der Waals surface area contributed by atoms with Crippen LogP contribution in [0.25, 0.3) is 11.1 Å². The molecule has 0 aliphatic heterocycles. The Kier molecular flexibility index (Phi) is 9.51. The van der Waals surface area contributed by atoms with Crippen molar-refractivity contribution >= 4 is 3.21 Å². The van der Waals surface area contributed by atoms with Crippen LogP contribution in [0, 0.1) is 11.8 Å². The molecule has 0 atom stereocenters. The first kappa shape index (κ1) is 27.3. The van der Waals surface area contributed by atoms with E-state index in [4.69, 9.17) is 0 Å². The smallest absolute Gasteiger partial charge is 1.00 e. The van der Waals surface area contributed by atoms with Crippen LogP contribution in [-0.4, -0.2) is 3.21 Å². The van der Waals surface area contributed by atoms with Crippen LogP contribution in [0.15, 0.2) is 69.5 Å². The van der Waals surface area contributed by atoms with Gasteiger partial charge in [0.2, 0.25) is 0 Å². The van der Waals surface area contributed by atoms with Crippen molar-refractivity contribution in [2.45, 2.75) is 81.2 Å². The summed E-state index contributed by atoms with van der Waals surface area (Å²) in [6.07, 6.45) is 20.9. The minimum atomic E-state index is -2.22. The van der Waals surface area contributed by atoms with Crippen molar-refractivity contribution < 1.29 is 46.1 Å². The van der Waals surface area contributed by atoms with E-state index in [1.54, 1.807) is 16.7 Å². The van der Waals surface area contributed by atoms with Crippen LogP contribution in [-0.2, 0) is 21.3 Å². The number of rotatable bonds is 4. The molecular weight excluding hydrogens is 546 g/mol. The summed E-state index contributed by atoms with van der Waals surface area (Å²) in [4.78, 5) is 0. The number of benzene rings is 2. The summed E-state index contributed by atoms with van der Waals surface area (Å²) in [5, 5.41) is 0. The third-order valence-corrected chi connectivity index (χ3v) is 18.6. The number of hydrogen-bond acceptors (Lipinski definition) is 0. The number of hydrogen-bond donors (Lipinski definition) is 0. The number of fused-ring (bicyclic) bond motifs is 3. The van der Waals surface area contributed by atoms with Gasteiger partial charge in [-0.05, 0) is 0 Å². The fraction of sp³-hybridized carbons (Fsp3) is 0.469. The van der Waals surface area contributed by atoms with Gasteiger partial charge in [-0.3, -0.25) is 0 Å². The maximum Gasteiger partial charge on any atom is -1.00 e. The van der Waals surface area contributed by atoms with Crippen molar-refractivity contribution in [2.24, 2.45) is 11.8 Å². The third kappa shape index (κ3) is 5.17. The topological polar surface area (TPSA) is 0 Å². The van der Waals surface area contributed by atoms with Gasteiger partial charge in [-0.15, -0.1) is 0 Å². The van der Waals surface area contributed by atoms with Crippen molar-refractivity contribution in [2.75, 3.05) is 0 Å². The van der Waals surface area contributed by atoms with Crippen molar-refractivity contribution in [1.82, 2.24) is 0 Å². The van der Waals surface area contributed by atoms with Gasteiger partial charge in [0.05, 0.1) is 0 Å². The summed E-state index contributed by atoms with van der Waals surface area (Å²) in [5.74, 6) is 1.83. The van der Waals surface area contributed by atoms with E-state index < -0.39 is 21.3 Å². The third-order valence-electron chi connectivity index (χ3n) is 9.01. The van der Waals surface area contributed by atoms with E-state index in [0.29, 0.717) is 3.63 Å². The Morgan fingerprint density at radius 2 is 1.17 bits per heavy atom. The second-order valence-corrected chi connectivity index (χ2v) is 17.3. The SMILES string of the molecule is CC1=[C]([Zr+2](=[C](C2CCCCC2)C2CCCCC2)[CH]2c3ccccc3-c3ccccc32)CC=C1.[Cl-].[Cl-]. The second kappa shape index (κ2) is 12.2. The Bertz CT molecular complexity index is 1060. The molecule has 2 aromatic carbocycles. The van der Waals surface area contributed by atoms with Gasteiger partial charge in [0.15, 0.2) is 0 Å². The molecule has 0 amide bonds. The Hall–Kier alpha value is -0.747. The van der Waals surface area contributed by atoms with Gasteiger partial charge in [0, 0.05) is 0 Å². The predicted molar refractivity (Wildman–Crippen MR) is 138 cm³/mol. The maximum absolute atomic E-state index is 2.50. The zero-order valence-electron chi connectivity index (χ0n) is 21.0. The molecule has 4 aliphatic rings. The molecule has 0 saturated heterocycles. The van der Waals surface area contributed by atoms with Crippen LogP contribution in [0.4, 0.5) is 0 Å². The molecule has 0 heterocycles. The van der Waals surface area contributed by atoms with E-state index in [1.807, 2.05) is 3.28 Å². The van der Waals surface area contributed by atoms with Crippen molar-refractivity contribution in [3.8, 4) is 11.1 Å². The normalized spacial score (nSPS) is 19.9. The molecule has 0 radical (unpaired) electrons. The Morgan fingerprint density at radius 3 is 1.63 bits per heavy atom. The number of allylic oxidation sites excluding steroid dienone is 4. The Balaban J connectivity index is 0.00000144. The van der Waals surface area contributed by atoms with Gasteiger partial charge in [-0.1, -0.05) is 0 Å². The van der Waals surface area contributed by atoms with E-state index in [-0.39, 0.29) is 24.8 Å². The van der Waals surface area contributed by atoms with Crippen LogP contribution in [0.1, 0.15) is 92.3 Å². The summed E-state index contributed by atoms with van der Waals surface area (Å²) >= 11 is -2.22. The molecule has 35 heavy (non-hydrogen) atoms. The molecule has 0 bridgehead atoms. The molecule has 2 fully saturated rings. The minimum absolute atomic E-state index is 0. The van der Waals surface area contributed by atoms with Gasteiger partial charge in [-0.2, -0.15) is 0 Å². The zero-order chi connectivity index (χ0) is 22.2. The minimum Gasteiger partial charge on any atom is -1.00 e. The summed E-state index contributed by atoms with van der Waals surface area (Å²) < 4.78 is 4.79. The summed E-state index contributed by atoms with van der Waals surface area (Å²) in [7, 11) is 0. The first-order chi connectivity index (χ1) is 16.3. The zero-order valence-corrected chi connectivity index (χ0v) is 25.0. The van der Waals surface area contributed by atoms with Gasteiger partial charge >= 0.3 is 209 Å². The quantitative estimate of drug-likeness (QED) is 0.519. The molecule has 0 nitrogen and oxygen atoms in total. The van der Waals surface area contributed by atoms with Crippen LogP contribution < -0.4 is 24.8 Å². The predicted octanol–water partition coefficient (Wildman–Crippen LogP) is 2.95. The van der Waals surface area contributed by atoms with Crippen molar-refractivity contribution in [1.29, 1.82) is 0 Å². The molecule has 0 aromatic heterocycles. The monoisotopic (exact) mass is 582 g/mol. The molecule has 0 spiro atoms. The summed E-state index contributed by atoms with van der Waals surface area (Å²) in [5.41, 5.74) is 8.04. The van der Waals surface area contributed by atoms with Crippen LogP contribution in [0.3, 0.4) is 0 Å². The molecule has 0 N–H and O–H groups in total. The Labute approximate surface area is 232 Å². The van der Waals surface area contributed by atoms with Crippen molar-refractivity contribution in [3.63, 3.8) is 0 Å². The molecule has 2 saturated carbocycles. The van der Waals surface area contributed by atoms with E-state index in [1.165, 1.54) is 81.8 Å². The largest absolute Gasteiger partial charge is 1.00 e. The van der Waals surface area contributed by atoms with Gasteiger partial charge in [-0.25, -0.2) is 0 Å². The van der Waals surface area contributed by atoms with E-state index in [9.17, 15) is 0 Å². The molecule has 3 heteroatoms. The maximum atomic E-state index is 2.50. The van der Waals surface area contributed by atoms with E-state index in [0.717, 1.165) is 11.8 Å². The average Bonchev–Trinajstić information content (AvgIpc) is 3.45. The average molecular weight is 585 g/mol. The fourth-order valence-corrected chi connectivity index (χ4v) is 18.5. The first-order valence-electron chi connectivity index (χ1n) is 13.6. The summed E-state index contributed by atoms with van der Waals surface area (Å²) in [6.45, 7) is 2.44. The van der Waals surface area contributed by atoms with Gasteiger partial charge < -0.3 is 24.8 Å². The van der Waals surface area contributed by atoms with Gasteiger partial charge in [0.1, 0.15) is 0 Å². The summed E-state index contributed by atoms with van der Waals surface area (Å²) in [6, 6.07) is 19.0. The molecule has 184 valence electrons. The van der Waals surface area contributed by atoms with Crippen LogP contribution >= 0.6 is 0 Å². The molecule has 6 rings (SSSR count). The Morgan fingerprint density at radius 1 is 0.686 bits per heavy atom. The molecule has 0 unspecified atom stereocenters. The van der Waals surface area contributed by atoms with Crippen LogP contribution in [0.5, 0.6) is 0 Å². The van der Waals surface area contributed by atoms with E-state index in [2.05, 4.69) is 70.8 Å². The van der Waals surface area contributed by atoms with Crippen LogP contribution in [0.2, 0.25) is 0 Å².